The number of hydrogen-bond donors (Lipinski definition) is 4. The maximum Gasteiger partial charge on any atom is 0.254 e. The van der Waals surface area contributed by atoms with Gasteiger partial charge in [0.05, 0.1) is 28.7 Å². The van der Waals surface area contributed by atoms with Crippen molar-refractivity contribution in [2.45, 2.75) is 18.5 Å². The molecule has 0 radical (unpaired) electrons. The topological polar surface area (TPSA) is 116 Å². The molecule has 164 valence electrons. The van der Waals surface area contributed by atoms with Crippen molar-refractivity contribution in [1.82, 2.24) is 20.6 Å². The van der Waals surface area contributed by atoms with Crippen molar-refractivity contribution >= 4 is 34.4 Å². The number of imidazole rings is 1. The van der Waals surface area contributed by atoms with E-state index < -0.39 is 29.8 Å². The number of carbonyl (C=O) groups excluding carboxylic acids is 3. The van der Waals surface area contributed by atoms with Crippen LogP contribution in [0, 0.1) is 0 Å². The van der Waals surface area contributed by atoms with Crippen LogP contribution in [0.1, 0.15) is 34.2 Å². The first-order chi connectivity index (χ1) is 16.1. The zero-order valence-electron chi connectivity index (χ0n) is 17.5. The van der Waals surface area contributed by atoms with E-state index >= 15 is 0 Å². The van der Waals surface area contributed by atoms with Gasteiger partial charge in [0.15, 0.2) is 0 Å². The van der Waals surface area contributed by atoms with Gasteiger partial charge in [0.25, 0.3) is 5.91 Å². The molecule has 2 heterocycles. The molecule has 1 aromatic heterocycles. The summed E-state index contributed by atoms with van der Waals surface area (Å²) in [4.78, 5) is 46.2. The van der Waals surface area contributed by atoms with E-state index in [0.29, 0.717) is 17.1 Å². The second-order valence-corrected chi connectivity index (χ2v) is 7.82. The zero-order chi connectivity index (χ0) is 22.8. The second-order valence-electron chi connectivity index (χ2n) is 7.82. The first kappa shape index (κ1) is 20.4. The Hall–Kier alpha value is -4.46. The van der Waals surface area contributed by atoms with E-state index in [2.05, 4.69) is 25.9 Å². The van der Waals surface area contributed by atoms with Crippen LogP contribution < -0.4 is 16.0 Å². The van der Waals surface area contributed by atoms with Crippen molar-refractivity contribution in [1.29, 1.82) is 0 Å². The van der Waals surface area contributed by atoms with E-state index in [0.717, 1.165) is 16.6 Å². The van der Waals surface area contributed by atoms with E-state index in [-0.39, 0.29) is 6.42 Å². The van der Waals surface area contributed by atoms with Crippen LogP contribution >= 0.6 is 0 Å². The Labute approximate surface area is 189 Å². The van der Waals surface area contributed by atoms with Gasteiger partial charge in [0, 0.05) is 0 Å². The molecule has 3 amide bonds. The van der Waals surface area contributed by atoms with Gasteiger partial charge in [0.1, 0.15) is 17.9 Å². The van der Waals surface area contributed by atoms with Crippen molar-refractivity contribution in [3.8, 4) is 0 Å². The zero-order valence-corrected chi connectivity index (χ0v) is 17.5. The first-order valence-corrected chi connectivity index (χ1v) is 10.6. The molecule has 0 spiro atoms. The predicted molar refractivity (Wildman–Crippen MR) is 123 cm³/mol. The number of benzene rings is 3. The second kappa shape index (κ2) is 8.58. The molecule has 8 nitrogen and oxygen atoms in total. The SMILES string of the molecule is O=C(C[C@@H]1NC(=O)c2ccccc2NC1=O)N[C@@H](c1ccccc1)c1nc2ccccc2[nH]1. The Kier molecular flexibility index (Phi) is 5.32. The minimum absolute atomic E-state index is 0.213. The van der Waals surface area contributed by atoms with E-state index in [4.69, 9.17) is 0 Å². The van der Waals surface area contributed by atoms with Crippen LogP contribution in [0.4, 0.5) is 5.69 Å². The van der Waals surface area contributed by atoms with Gasteiger partial charge in [-0.3, -0.25) is 14.4 Å². The predicted octanol–water partition coefficient (Wildman–Crippen LogP) is 2.91. The fraction of sp³-hybridized carbons (Fsp3) is 0.120. The molecule has 5 rings (SSSR count). The molecule has 0 saturated carbocycles. The molecule has 33 heavy (non-hydrogen) atoms. The van der Waals surface area contributed by atoms with E-state index in [1.54, 1.807) is 24.3 Å². The number of nitrogens with one attached hydrogen (secondary N) is 4. The molecule has 4 aromatic rings. The average Bonchev–Trinajstić information content (AvgIpc) is 3.22. The lowest BCUT2D eigenvalue weighted by molar-refractivity contribution is -0.126. The number of hydrogen-bond acceptors (Lipinski definition) is 4. The van der Waals surface area contributed by atoms with Gasteiger partial charge < -0.3 is 20.9 Å². The van der Waals surface area contributed by atoms with Crippen molar-refractivity contribution in [3.05, 3.63) is 95.8 Å². The summed E-state index contributed by atoms with van der Waals surface area (Å²) in [5.41, 5.74) is 3.27. The smallest absolute Gasteiger partial charge is 0.254 e. The minimum atomic E-state index is -1.00. The number of para-hydroxylation sites is 3. The number of anilines is 1. The highest BCUT2D eigenvalue weighted by Crippen LogP contribution is 2.23. The summed E-state index contributed by atoms with van der Waals surface area (Å²) in [6.45, 7) is 0. The number of fused-ring (bicyclic) bond motifs is 2. The van der Waals surface area contributed by atoms with E-state index in [1.807, 2.05) is 54.6 Å². The normalized spacial score (nSPS) is 16.3. The Morgan fingerprint density at radius 3 is 2.48 bits per heavy atom. The van der Waals surface area contributed by atoms with Gasteiger partial charge in [-0.2, -0.15) is 0 Å². The van der Waals surface area contributed by atoms with Gasteiger partial charge in [-0.15, -0.1) is 0 Å². The fourth-order valence-corrected chi connectivity index (χ4v) is 3.92. The Bertz CT molecular complexity index is 1320. The van der Waals surface area contributed by atoms with Crippen molar-refractivity contribution in [2.75, 3.05) is 5.32 Å². The third-order valence-electron chi connectivity index (χ3n) is 5.56. The van der Waals surface area contributed by atoms with Gasteiger partial charge in [-0.25, -0.2) is 4.98 Å². The molecule has 2 atom stereocenters. The van der Waals surface area contributed by atoms with Crippen LogP contribution in [-0.4, -0.2) is 33.7 Å². The molecule has 0 unspecified atom stereocenters. The van der Waals surface area contributed by atoms with Crippen molar-refractivity contribution < 1.29 is 14.4 Å². The molecule has 0 fully saturated rings. The van der Waals surface area contributed by atoms with Gasteiger partial charge in [0.2, 0.25) is 11.8 Å². The number of H-pyrrole nitrogens is 1. The fourth-order valence-electron chi connectivity index (χ4n) is 3.92. The first-order valence-electron chi connectivity index (χ1n) is 10.6. The molecule has 0 bridgehead atoms. The summed E-state index contributed by atoms with van der Waals surface area (Å²) in [5, 5.41) is 8.35. The maximum absolute atomic E-state index is 13.0. The van der Waals surface area contributed by atoms with Crippen LogP contribution in [0.5, 0.6) is 0 Å². The number of amides is 3. The van der Waals surface area contributed by atoms with Crippen molar-refractivity contribution in [3.63, 3.8) is 0 Å². The summed E-state index contributed by atoms with van der Waals surface area (Å²) in [7, 11) is 0. The van der Waals surface area contributed by atoms with E-state index in [9.17, 15) is 14.4 Å². The molecular formula is C25H21N5O3. The summed E-state index contributed by atoms with van der Waals surface area (Å²) in [6, 6.07) is 22.2. The minimum Gasteiger partial charge on any atom is -0.342 e. The summed E-state index contributed by atoms with van der Waals surface area (Å²) >= 11 is 0. The highest BCUT2D eigenvalue weighted by molar-refractivity contribution is 6.10. The maximum atomic E-state index is 13.0. The Morgan fingerprint density at radius 1 is 0.939 bits per heavy atom. The number of carbonyl (C=O) groups is 3. The van der Waals surface area contributed by atoms with Crippen LogP contribution in [0.25, 0.3) is 11.0 Å². The molecule has 1 aliphatic rings. The van der Waals surface area contributed by atoms with Crippen molar-refractivity contribution in [2.24, 2.45) is 0 Å². The quantitative estimate of drug-likeness (QED) is 0.383. The lowest BCUT2D eigenvalue weighted by atomic mass is 10.1. The summed E-state index contributed by atoms with van der Waals surface area (Å²) < 4.78 is 0. The van der Waals surface area contributed by atoms with Crippen LogP contribution in [0.2, 0.25) is 0 Å². The molecule has 4 N–H and O–H groups in total. The molecule has 8 heteroatoms. The highest BCUT2D eigenvalue weighted by Gasteiger charge is 2.30. The Balaban J connectivity index is 1.38. The molecule has 0 saturated heterocycles. The van der Waals surface area contributed by atoms with Gasteiger partial charge >= 0.3 is 0 Å². The van der Waals surface area contributed by atoms with Crippen LogP contribution in [0.3, 0.4) is 0 Å². The molecular weight excluding hydrogens is 418 g/mol. The molecule has 1 aliphatic heterocycles. The summed E-state index contributed by atoms with van der Waals surface area (Å²) in [5.74, 6) is -0.657. The van der Waals surface area contributed by atoms with Crippen LogP contribution in [-0.2, 0) is 9.59 Å². The molecule has 3 aromatic carbocycles. The number of nitrogens with zero attached hydrogens (tertiary/aromatic N) is 1. The third-order valence-corrected chi connectivity index (χ3v) is 5.56. The van der Waals surface area contributed by atoms with Gasteiger partial charge in [-0.05, 0) is 29.8 Å². The van der Waals surface area contributed by atoms with Gasteiger partial charge in [-0.1, -0.05) is 54.6 Å². The number of aromatic nitrogens is 2. The number of rotatable bonds is 5. The largest absolute Gasteiger partial charge is 0.342 e. The van der Waals surface area contributed by atoms with E-state index in [1.165, 1.54) is 0 Å². The Morgan fingerprint density at radius 2 is 1.67 bits per heavy atom. The highest BCUT2D eigenvalue weighted by atomic mass is 16.2. The lowest BCUT2D eigenvalue weighted by Crippen LogP contribution is -2.45. The lowest BCUT2D eigenvalue weighted by Gasteiger charge is -2.19. The monoisotopic (exact) mass is 439 g/mol. The standard InChI is InChI=1S/C25H21N5O3/c31-21(14-20-25(33)28-17-11-5-4-10-16(17)24(32)29-20)30-22(15-8-2-1-3-9-15)23-26-18-12-6-7-13-19(18)27-23/h1-13,20,22H,14H2,(H,26,27)(H,28,33)(H,29,32)(H,30,31)/t20-,22-/m0/s1. The summed E-state index contributed by atoms with van der Waals surface area (Å²) in [6.07, 6.45) is -0.213. The number of aromatic amines is 1. The van der Waals surface area contributed by atoms with Crippen LogP contribution in [0.15, 0.2) is 78.9 Å². The molecule has 0 aliphatic carbocycles. The average molecular weight is 439 g/mol. The third kappa shape index (κ3) is 4.18.